The Bertz CT molecular complexity index is 468. The molecular weight excluding hydrogens is 286 g/mol. The van der Waals surface area contributed by atoms with Gasteiger partial charge in [0.1, 0.15) is 0 Å². The van der Waals surface area contributed by atoms with Gasteiger partial charge in [-0.25, -0.2) is 0 Å². The highest BCUT2D eigenvalue weighted by Crippen LogP contribution is 2.30. The van der Waals surface area contributed by atoms with Crippen molar-refractivity contribution in [2.24, 2.45) is 0 Å². The zero-order valence-electron chi connectivity index (χ0n) is 12.7. The average molecular weight is 310 g/mol. The summed E-state index contributed by atoms with van der Waals surface area (Å²) in [6, 6.07) is 8.22. The fourth-order valence-electron chi connectivity index (χ4n) is 3.43. The van der Waals surface area contributed by atoms with Crippen molar-refractivity contribution in [1.82, 2.24) is 4.90 Å². The van der Waals surface area contributed by atoms with Gasteiger partial charge in [-0.1, -0.05) is 30.7 Å². The second-order valence-electron chi connectivity index (χ2n) is 6.34. The molecule has 3 nitrogen and oxygen atoms in total. The Morgan fingerprint density at radius 1 is 1.29 bits per heavy atom. The molecule has 1 spiro atoms. The van der Waals surface area contributed by atoms with Crippen LogP contribution in [0.1, 0.15) is 31.2 Å². The molecule has 1 aromatic carbocycles. The molecular formula is C17H24ClNO2. The van der Waals surface area contributed by atoms with Crippen LogP contribution in [0.25, 0.3) is 0 Å². The van der Waals surface area contributed by atoms with E-state index in [1.807, 2.05) is 12.1 Å². The van der Waals surface area contributed by atoms with Crippen molar-refractivity contribution in [3.8, 4) is 0 Å². The maximum absolute atomic E-state index is 6.10. The van der Waals surface area contributed by atoms with E-state index in [1.54, 1.807) is 0 Å². The summed E-state index contributed by atoms with van der Waals surface area (Å²) >= 11 is 6.10. The first kappa shape index (κ1) is 15.3. The zero-order chi connectivity index (χ0) is 14.7. The molecule has 2 saturated heterocycles. The summed E-state index contributed by atoms with van der Waals surface area (Å²) < 4.78 is 11.6. The number of hydrogen-bond donors (Lipinski definition) is 0. The Morgan fingerprint density at radius 2 is 2.10 bits per heavy atom. The standard InChI is InChI=1S/C17H24ClNO2/c1-14(15-3-2-4-16(18)11-15)12-19-7-10-21-17(13-19)5-8-20-9-6-17/h2-4,11,14H,5-10,12-13H2,1H3/t14-/m0/s1. The molecule has 2 aliphatic rings. The van der Waals surface area contributed by atoms with Crippen LogP contribution in [0.15, 0.2) is 24.3 Å². The highest BCUT2D eigenvalue weighted by molar-refractivity contribution is 6.30. The Hall–Kier alpha value is -0.610. The first-order valence-corrected chi connectivity index (χ1v) is 8.24. The van der Waals surface area contributed by atoms with Gasteiger partial charge in [0.25, 0.3) is 0 Å². The predicted molar refractivity (Wildman–Crippen MR) is 85.0 cm³/mol. The van der Waals surface area contributed by atoms with E-state index < -0.39 is 0 Å². The van der Waals surface area contributed by atoms with Gasteiger partial charge in [-0.3, -0.25) is 4.90 Å². The highest BCUT2D eigenvalue weighted by atomic mass is 35.5. The summed E-state index contributed by atoms with van der Waals surface area (Å²) in [5.41, 5.74) is 1.35. The van der Waals surface area contributed by atoms with Gasteiger partial charge in [-0.15, -0.1) is 0 Å². The third kappa shape index (κ3) is 3.78. The lowest BCUT2D eigenvalue weighted by molar-refractivity contribution is -0.154. The number of hydrogen-bond acceptors (Lipinski definition) is 3. The molecule has 2 aliphatic heterocycles. The van der Waals surface area contributed by atoms with Crippen LogP contribution in [0.5, 0.6) is 0 Å². The van der Waals surface area contributed by atoms with Crippen LogP contribution < -0.4 is 0 Å². The van der Waals surface area contributed by atoms with Gasteiger partial charge < -0.3 is 9.47 Å². The summed E-state index contributed by atoms with van der Waals surface area (Å²) in [4.78, 5) is 2.54. The fourth-order valence-corrected chi connectivity index (χ4v) is 3.63. The third-order valence-electron chi connectivity index (χ3n) is 4.68. The van der Waals surface area contributed by atoms with Crippen molar-refractivity contribution in [3.05, 3.63) is 34.9 Å². The number of halogens is 1. The second kappa shape index (κ2) is 6.66. The van der Waals surface area contributed by atoms with Gasteiger partial charge in [0, 0.05) is 50.7 Å². The molecule has 2 fully saturated rings. The molecule has 3 rings (SSSR count). The van der Waals surface area contributed by atoms with E-state index in [4.69, 9.17) is 21.1 Å². The third-order valence-corrected chi connectivity index (χ3v) is 4.92. The minimum Gasteiger partial charge on any atom is -0.381 e. The molecule has 0 saturated carbocycles. The van der Waals surface area contributed by atoms with E-state index in [0.29, 0.717) is 5.92 Å². The molecule has 1 atom stereocenters. The average Bonchev–Trinajstić information content (AvgIpc) is 2.48. The van der Waals surface area contributed by atoms with E-state index >= 15 is 0 Å². The van der Waals surface area contributed by atoms with E-state index in [1.165, 1.54) is 5.56 Å². The van der Waals surface area contributed by atoms with Crippen LogP contribution in [0.4, 0.5) is 0 Å². The van der Waals surface area contributed by atoms with Crippen LogP contribution in [-0.2, 0) is 9.47 Å². The van der Waals surface area contributed by atoms with Crippen LogP contribution >= 0.6 is 11.6 Å². The molecule has 0 unspecified atom stereocenters. The normalized spacial score (nSPS) is 24.1. The van der Waals surface area contributed by atoms with Gasteiger partial charge in [-0.05, 0) is 23.6 Å². The van der Waals surface area contributed by atoms with Crippen molar-refractivity contribution in [2.75, 3.05) is 39.5 Å². The first-order valence-electron chi connectivity index (χ1n) is 7.86. The SMILES string of the molecule is C[C@@H](CN1CCOC2(CCOCC2)C1)c1cccc(Cl)c1. The molecule has 1 aromatic rings. The van der Waals surface area contributed by atoms with Gasteiger partial charge in [0.2, 0.25) is 0 Å². The van der Waals surface area contributed by atoms with Crippen molar-refractivity contribution < 1.29 is 9.47 Å². The summed E-state index contributed by atoms with van der Waals surface area (Å²) in [7, 11) is 0. The van der Waals surface area contributed by atoms with Crippen LogP contribution in [-0.4, -0.2) is 50.0 Å². The number of rotatable bonds is 3. The summed E-state index contributed by atoms with van der Waals surface area (Å²) in [6.07, 6.45) is 2.05. The quantitative estimate of drug-likeness (QED) is 0.855. The lowest BCUT2D eigenvalue weighted by Gasteiger charge is -2.45. The van der Waals surface area contributed by atoms with Crippen LogP contribution in [0.3, 0.4) is 0 Å². The van der Waals surface area contributed by atoms with Crippen molar-refractivity contribution in [1.29, 1.82) is 0 Å². The lowest BCUT2D eigenvalue weighted by atomic mass is 9.91. The number of benzene rings is 1. The van der Waals surface area contributed by atoms with E-state index in [0.717, 1.165) is 57.3 Å². The maximum atomic E-state index is 6.10. The summed E-state index contributed by atoms with van der Waals surface area (Å²) in [5.74, 6) is 0.485. The highest BCUT2D eigenvalue weighted by Gasteiger charge is 2.38. The predicted octanol–water partition coefficient (Wildman–Crippen LogP) is 3.32. The van der Waals surface area contributed by atoms with Gasteiger partial charge >= 0.3 is 0 Å². The Balaban J connectivity index is 1.61. The Kier molecular flexibility index (Phi) is 4.85. The molecule has 0 N–H and O–H groups in total. The minimum atomic E-state index is 0.0323. The van der Waals surface area contributed by atoms with Crippen molar-refractivity contribution >= 4 is 11.6 Å². The van der Waals surface area contributed by atoms with E-state index in [-0.39, 0.29) is 5.60 Å². The molecule has 21 heavy (non-hydrogen) atoms. The monoisotopic (exact) mass is 309 g/mol. The number of ether oxygens (including phenoxy) is 2. The minimum absolute atomic E-state index is 0.0323. The molecule has 116 valence electrons. The molecule has 0 radical (unpaired) electrons. The number of nitrogens with zero attached hydrogens (tertiary/aromatic N) is 1. The lowest BCUT2D eigenvalue weighted by Crippen LogP contribution is -2.54. The van der Waals surface area contributed by atoms with Gasteiger partial charge in [-0.2, -0.15) is 0 Å². The van der Waals surface area contributed by atoms with E-state index in [2.05, 4.69) is 24.0 Å². The van der Waals surface area contributed by atoms with Crippen LogP contribution in [0, 0.1) is 0 Å². The molecule has 2 heterocycles. The fraction of sp³-hybridized carbons (Fsp3) is 0.647. The van der Waals surface area contributed by atoms with Crippen molar-refractivity contribution in [2.45, 2.75) is 31.3 Å². The second-order valence-corrected chi connectivity index (χ2v) is 6.77. The molecule has 0 amide bonds. The molecule has 0 aliphatic carbocycles. The van der Waals surface area contributed by atoms with Crippen molar-refractivity contribution in [3.63, 3.8) is 0 Å². The maximum Gasteiger partial charge on any atom is 0.0853 e. The smallest absolute Gasteiger partial charge is 0.0853 e. The summed E-state index contributed by atoms with van der Waals surface area (Å²) in [5, 5.41) is 0.822. The van der Waals surface area contributed by atoms with E-state index in [9.17, 15) is 0 Å². The van der Waals surface area contributed by atoms with Gasteiger partial charge in [0.05, 0.1) is 12.2 Å². The Morgan fingerprint density at radius 3 is 2.86 bits per heavy atom. The largest absolute Gasteiger partial charge is 0.381 e. The first-order chi connectivity index (χ1) is 10.2. The number of morpholine rings is 1. The Labute approximate surface area is 132 Å². The molecule has 0 bridgehead atoms. The summed E-state index contributed by atoms with van der Waals surface area (Å²) in [6.45, 7) is 7.89. The molecule has 4 heteroatoms. The zero-order valence-corrected chi connectivity index (χ0v) is 13.4. The molecule has 0 aromatic heterocycles. The van der Waals surface area contributed by atoms with Crippen LogP contribution in [0.2, 0.25) is 5.02 Å². The topological polar surface area (TPSA) is 21.7 Å². The van der Waals surface area contributed by atoms with Gasteiger partial charge in [0.15, 0.2) is 0 Å².